The zero-order valence-corrected chi connectivity index (χ0v) is 17.5. The third-order valence-electron chi connectivity index (χ3n) is 4.79. The van der Waals surface area contributed by atoms with E-state index in [0.717, 1.165) is 22.7 Å². The Kier molecular flexibility index (Phi) is 6.47. The first-order chi connectivity index (χ1) is 15.2. The lowest BCUT2D eigenvalue weighted by Crippen LogP contribution is -2.12. The summed E-state index contributed by atoms with van der Waals surface area (Å²) in [7, 11) is 0. The molecule has 4 rings (SSSR count). The van der Waals surface area contributed by atoms with Crippen LogP contribution in [0.25, 0.3) is 5.65 Å². The van der Waals surface area contributed by atoms with Crippen LogP contribution in [0, 0.1) is 0 Å². The third kappa shape index (κ3) is 5.63. The van der Waals surface area contributed by atoms with Crippen molar-refractivity contribution in [3.05, 3.63) is 90.4 Å². The summed E-state index contributed by atoms with van der Waals surface area (Å²) in [5.74, 6) is 1.49. The Balaban J connectivity index is 1.28. The molecule has 2 aromatic heterocycles. The van der Waals surface area contributed by atoms with Gasteiger partial charge in [0.05, 0.1) is 12.3 Å². The first kappa shape index (κ1) is 20.5. The van der Waals surface area contributed by atoms with Crippen LogP contribution in [0.15, 0.2) is 79.1 Å². The van der Waals surface area contributed by atoms with Gasteiger partial charge in [0.25, 0.3) is 0 Å². The van der Waals surface area contributed by atoms with Crippen molar-refractivity contribution in [2.75, 3.05) is 11.9 Å². The molecule has 2 heterocycles. The number of pyridine rings is 1. The first-order valence-corrected chi connectivity index (χ1v) is 10.4. The van der Waals surface area contributed by atoms with E-state index in [9.17, 15) is 4.79 Å². The van der Waals surface area contributed by atoms with Crippen LogP contribution in [-0.2, 0) is 17.8 Å². The highest BCUT2D eigenvalue weighted by Crippen LogP contribution is 2.19. The number of rotatable bonds is 9. The van der Waals surface area contributed by atoms with Gasteiger partial charge in [-0.2, -0.15) is 0 Å². The van der Waals surface area contributed by atoms with E-state index in [2.05, 4.69) is 10.3 Å². The van der Waals surface area contributed by atoms with Crippen LogP contribution in [0.5, 0.6) is 11.5 Å². The molecule has 0 spiro atoms. The molecule has 31 heavy (non-hydrogen) atoms. The Hall–Kier alpha value is -3.80. The molecule has 1 N–H and O–H groups in total. The van der Waals surface area contributed by atoms with Gasteiger partial charge in [-0.3, -0.25) is 4.79 Å². The van der Waals surface area contributed by atoms with Gasteiger partial charge in [0.1, 0.15) is 23.8 Å². The maximum atomic E-state index is 12.4. The second-order valence-corrected chi connectivity index (χ2v) is 7.14. The topological polar surface area (TPSA) is 64.9 Å². The van der Waals surface area contributed by atoms with E-state index in [4.69, 9.17) is 9.47 Å². The van der Waals surface area contributed by atoms with E-state index in [1.165, 1.54) is 0 Å². The molecule has 0 aliphatic heterocycles. The largest absolute Gasteiger partial charge is 0.494 e. The number of aryl methyl sites for hydroxylation is 1. The molecule has 0 saturated heterocycles. The summed E-state index contributed by atoms with van der Waals surface area (Å²) in [5, 5.41) is 2.94. The Morgan fingerprint density at radius 2 is 1.87 bits per heavy atom. The smallest absolute Gasteiger partial charge is 0.224 e. The van der Waals surface area contributed by atoms with Crippen molar-refractivity contribution in [1.82, 2.24) is 9.38 Å². The van der Waals surface area contributed by atoms with Gasteiger partial charge in [0, 0.05) is 30.6 Å². The highest BCUT2D eigenvalue weighted by Gasteiger charge is 2.06. The summed E-state index contributed by atoms with van der Waals surface area (Å²) in [6.07, 6.45) is 4.97. The number of benzene rings is 2. The Morgan fingerprint density at radius 1 is 1.00 bits per heavy atom. The second-order valence-electron chi connectivity index (χ2n) is 7.14. The zero-order valence-electron chi connectivity index (χ0n) is 17.5. The van der Waals surface area contributed by atoms with Crippen molar-refractivity contribution in [3.63, 3.8) is 0 Å². The van der Waals surface area contributed by atoms with Crippen LogP contribution in [0.3, 0.4) is 0 Å². The molecule has 6 heteroatoms. The normalized spacial score (nSPS) is 10.7. The number of carbonyl (C=O) groups is 1. The van der Waals surface area contributed by atoms with Gasteiger partial charge >= 0.3 is 0 Å². The fourth-order valence-electron chi connectivity index (χ4n) is 3.28. The average Bonchev–Trinajstić information content (AvgIpc) is 3.21. The Labute approximate surface area is 181 Å². The molecule has 0 unspecified atom stereocenters. The monoisotopic (exact) mass is 415 g/mol. The highest BCUT2D eigenvalue weighted by molar-refractivity contribution is 5.91. The lowest BCUT2D eigenvalue weighted by molar-refractivity contribution is -0.116. The SMILES string of the molecule is CCOc1ccc(CCC(=O)Nc2cccc(OCc3cn4ccccc4n3)c2)cc1. The van der Waals surface area contributed by atoms with Gasteiger partial charge in [-0.1, -0.05) is 24.3 Å². The summed E-state index contributed by atoms with van der Waals surface area (Å²) in [4.78, 5) is 16.9. The Morgan fingerprint density at radius 3 is 2.68 bits per heavy atom. The van der Waals surface area contributed by atoms with Crippen molar-refractivity contribution in [2.24, 2.45) is 0 Å². The second kappa shape index (κ2) is 9.80. The van der Waals surface area contributed by atoms with Gasteiger partial charge < -0.3 is 19.2 Å². The predicted octanol–water partition coefficient (Wildman–Crippen LogP) is 4.88. The van der Waals surface area contributed by atoms with E-state index in [1.54, 1.807) is 0 Å². The highest BCUT2D eigenvalue weighted by atomic mass is 16.5. The Bertz CT molecular complexity index is 1120. The molecular weight excluding hydrogens is 390 g/mol. The number of nitrogens with one attached hydrogen (secondary N) is 1. The van der Waals surface area contributed by atoms with Gasteiger partial charge in [-0.05, 0) is 55.3 Å². The average molecular weight is 415 g/mol. The van der Waals surface area contributed by atoms with E-state index in [-0.39, 0.29) is 5.91 Å². The lowest BCUT2D eigenvalue weighted by atomic mass is 10.1. The number of ether oxygens (including phenoxy) is 2. The quantitative estimate of drug-likeness (QED) is 0.423. The van der Waals surface area contributed by atoms with Gasteiger partial charge in [0.2, 0.25) is 5.91 Å². The molecule has 0 atom stereocenters. The molecule has 0 bridgehead atoms. The van der Waals surface area contributed by atoms with E-state index in [1.807, 2.05) is 90.4 Å². The summed E-state index contributed by atoms with van der Waals surface area (Å²) >= 11 is 0. The first-order valence-electron chi connectivity index (χ1n) is 10.4. The van der Waals surface area contributed by atoms with E-state index >= 15 is 0 Å². The molecule has 158 valence electrons. The standard InChI is InChI=1S/C25H25N3O3/c1-2-30-22-12-9-19(10-13-22)11-14-25(29)27-20-6-5-7-23(16-20)31-18-21-17-28-15-4-3-8-24(28)26-21/h3-10,12-13,15-17H,2,11,14,18H2,1H3,(H,27,29). The van der Waals surface area contributed by atoms with E-state index < -0.39 is 0 Å². The van der Waals surface area contributed by atoms with Crippen LogP contribution >= 0.6 is 0 Å². The van der Waals surface area contributed by atoms with Crippen molar-refractivity contribution >= 4 is 17.2 Å². The number of hydrogen-bond acceptors (Lipinski definition) is 4. The van der Waals surface area contributed by atoms with Crippen molar-refractivity contribution < 1.29 is 14.3 Å². The number of imidazole rings is 1. The fourth-order valence-corrected chi connectivity index (χ4v) is 3.28. The third-order valence-corrected chi connectivity index (χ3v) is 4.79. The molecule has 4 aromatic rings. The van der Waals surface area contributed by atoms with Crippen LogP contribution < -0.4 is 14.8 Å². The molecular formula is C25H25N3O3. The minimum Gasteiger partial charge on any atom is -0.494 e. The van der Waals surface area contributed by atoms with Gasteiger partial charge in [-0.15, -0.1) is 0 Å². The number of amides is 1. The van der Waals surface area contributed by atoms with Crippen LogP contribution in [-0.4, -0.2) is 21.9 Å². The summed E-state index contributed by atoms with van der Waals surface area (Å²) in [6, 6.07) is 21.1. The molecule has 0 saturated carbocycles. The van der Waals surface area contributed by atoms with Crippen LogP contribution in [0.4, 0.5) is 5.69 Å². The maximum absolute atomic E-state index is 12.4. The van der Waals surface area contributed by atoms with Gasteiger partial charge in [-0.25, -0.2) is 4.98 Å². The molecule has 0 aliphatic rings. The number of carbonyl (C=O) groups excluding carboxylic acids is 1. The van der Waals surface area contributed by atoms with Crippen molar-refractivity contribution in [3.8, 4) is 11.5 Å². The molecule has 0 aliphatic carbocycles. The minimum absolute atomic E-state index is 0.0358. The fraction of sp³-hybridized carbons (Fsp3) is 0.200. The summed E-state index contributed by atoms with van der Waals surface area (Å²) < 4.78 is 13.3. The molecule has 1 amide bonds. The lowest BCUT2D eigenvalue weighted by Gasteiger charge is -2.09. The molecule has 0 fully saturated rings. The van der Waals surface area contributed by atoms with Crippen LogP contribution in [0.1, 0.15) is 24.6 Å². The van der Waals surface area contributed by atoms with Crippen molar-refractivity contribution in [1.29, 1.82) is 0 Å². The van der Waals surface area contributed by atoms with Crippen molar-refractivity contribution in [2.45, 2.75) is 26.4 Å². The van der Waals surface area contributed by atoms with Gasteiger partial charge in [0.15, 0.2) is 0 Å². The number of anilines is 1. The minimum atomic E-state index is -0.0358. The number of aromatic nitrogens is 2. The van der Waals surface area contributed by atoms with E-state index in [0.29, 0.717) is 37.5 Å². The predicted molar refractivity (Wildman–Crippen MR) is 121 cm³/mol. The molecule has 0 radical (unpaired) electrons. The number of nitrogens with zero attached hydrogens (tertiary/aromatic N) is 2. The summed E-state index contributed by atoms with van der Waals surface area (Å²) in [5.41, 5.74) is 3.54. The molecule has 2 aromatic carbocycles. The summed E-state index contributed by atoms with van der Waals surface area (Å²) in [6.45, 7) is 2.96. The number of hydrogen-bond donors (Lipinski definition) is 1. The molecule has 6 nitrogen and oxygen atoms in total. The zero-order chi connectivity index (χ0) is 21.5. The van der Waals surface area contributed by atoms with Crippen LogP contribution in [0.2, 0.25) is 0 Å². The maximum Gasteiger partial charge on any atom is 0.224 e. The number of fused-ring (bicyclic) bond motifs is 1.